The van der Waals surface area contributed by atoms with E-state index in [9.17, 15) is 9.59 Å². The van der Waals surface area contributed by atoms with Crippen molar-refractivity contribution >= 4 is 33.7 Å². The quantitative estimate of drug-likeness (QED) is 0.485. The maximum absolute atomic E-state index is 11.4. The molecule has 1 aromatic rings. The fourth-order valence-electron chi connectivity index (χ4n) is 1.11. The summed E-state index contributed by atoms with van der Waals surface area (Å²) in [4.78, 5) is 25.0. The summed E-state index contributed by atoms with van der Waals surface area (Å²) in [5, 5.41) is 0. The SMILES string of the molecule is COC(=O)c1cc(Br)c(OC)cc1N=C=O. The molecule has 0 aromatic heterocycles. The summed E-state index contributed by atoms with van der Waals surface area (Å²) in [6, 6.07) is 2.92. The average Bonchev–Trinajstić information content (AvgIpc) is 2.30. The highest BCUT2D eigenvalue weighted by Crippen LogP contribution is 2.33. The predicted octanol–water partition coefficient (Wildman–Crippen LogP) is 2.21. The summed E-state index contributed by atoms with van der Waals surface area (Å²) in [6.07, 6.45) is 1.37. The van der Waals surface area contributed by atoms with Crippen LogP contribution < -0.4 is 4.74 Å². The Morgan fingerprint density at radius 2 is 2.12 bits per heavy atom. The average molecular weight is 286 g/mol. The number of aliphatic imine (C=N–C) groups is 1. The van der Waals surface area contributed by atoms with E-state index in [0.29, 0.717) is 10.2 Å². The van der Waals surface area contributed by atoms with Gasteiger partial charge in [0, 0.05) is 6.07 Å². The molecule has 0 spiro atoms. The number of halogens is 1. The zero-order valence-corrected chi connectivity index (χ0v) is 10.2. The molecule has 0 aliphatic rings. The Labute approximate surface area is 100 Å². The molecule has 5 nitrogen and oxygen atoms in total. The molecule has 1 aromatic carbocycles. The number of esters is 1. The number of rotatable bonds is 3. The summed E-state index contributed by atoms with van der Waals surface area (Å²) < 4.78 is 10.1. The van der Waals surface area contributed by atoms with Gasteiger partial charge < -0.3 is 9.47 Å². The van der Waals surface area contributed by atoms with Crippen LogP contribution >= 0.6 is 15.9 Å². The van der Waals surface area contributed by atoms with Crippen LogP contribution in [0.5, 0.6) is 5.75 Å². The number of isocyanates is 1. The normalized spacial score (nSPS) is 9.19. The third-order valence-corrected chi connectivity index (χ3v) is 2.46. The molecule has 0 radical (unpaired) electrons. The number of ether oxygens (including phenoxy) is 2. The molecular weight excluding hydrogens is 278 g/mol. The fraction of sp³-hybridized carbons (Fsp3) is 0.200. The van der Waals surface area contributed by atoms with E-state index < -0.39 is 5.97 Å². The lowest BCUT2D eigenvalue weighted by Gasteiger charge is -2.07. The van der Waals surface area contributed by atoms with Gasteiger partial charge in [-0.05, 0) is 22.0 Å². The van der Waals surface area contributed by atoms with Crippen molar-refractivity contribution in [3.63, 3.8) is 0 Å². The Morgan fingerprint density at radius 3 is 2.62 bits per heavy atom. The van der Waals surface area contributed by atoms with Gasteiger partial charge >= 0.3 is 5.97 Å². The number of nitrogens with zero attached hydrogens (tertiary/aromatic N) is 1. The maximum atomic E-state index is 11.4. The molecule has 0 heterocycles. The molecule has 0 bridgehead atoms. The number of methoxy groups -OCH3 is 2. The van der Waals surface area contributed by atoms with Gasteiger partial charge in [0.05, 0.1) is 29.9 Å². The van der Waals surface area contributed by atoms with Crippen LogP contribution in [0.2, 0.25) is 0 Å². The zero-order valence-electron chi connectivity index (χ0n) is 8.61. The molecule has 0 N–H and O–H groups in total. The second-order valence-corrected chi connectivity index (χ2v) is 3.55. The van der Waals surface area contributed by atoms with Gasteiger partial charge in [-0.25, -0.2) is 9.59 Å². The van der Waals surface area contributed by atoms with Crippen LogP contribution in [-0.2, 0) is 9.53 Å². The Balaban J connectivity index is 3.41. The Bertz CT molecular complexity index is 466. The first kappa shape index (κ1) is 12.4. The molecule has 0 atom stereocenters. The Morgan fingerprint density at radius 1 is 1.44 bits per heavy atom. The van der Waals surface area contributed by atoms with E-state index in [1.807, 2.05) is 0 Å². The number of hydrogen-bond donors (Lipinski definition) is 0. The Hall–Kier alpha value is -1.65. The van der Waals surface area contributed by atoms with Crippen molar-refractivity contribution in [3.05, 3.63) is 22.2 Å². The topological polar surface area (TPSA) is 65.0 Å². The van der Waals surface area contributed by atoms with E-state index in [-0.39, 0.29) is 11.3 Å². The Kier molecular flexibility index (Phi) is 4.22. The van der Waals surface area contributed by atoms with Gasteiger partial charge in [-0.1, -0.05) is 0 Å². The molecule has 0 saturated carbocycles. The largest absolute Gasteiger partial charge is 0.495 e. The lowest BCUT2D eigenvalue weighted by Crippen LogP contribution is -2.02. The summed E-state index contributed by atoms with van der Waals surface area (Å²) >= 11 is 3.22. The van der Waals surface area contributed by atoms with Crippen molar-refractivity contribution in [2.24, 2.45) is 4.99 Å². The van der Waals surface area contributed by atoms with E-state index in [1.165, 1.54) is 32.4 Å². The van der Waals surface area contributed by atoms with Crippen LogP contribution in [0.15, 0.2) is 21.6 Å². The van der Waals surface area contributed by atoms with Gasteiger partial charge in [-0.2, -0.15) is 4.99 Å². The van der Waals surface area contributed by atoms with Crippen LogP contribution in [0.1, 0.15) is 10.4 Å². The summed E-state index contributed by atoms with van der Waals surface area (Å²) in [5.41, 5.74) is 0.320. The number of carbonyl (C=O) groups excluding carboxylic acids is 2. The van der Waals surface area contributed by atoms with Gasteiger partial charge in [0.15, 0.2) is 0 Å². The third-order valence-electron chi connectivity index (χ3n) is 1.84. The highest BCUT2D eigenvalue weighted by molar-refractivity contribution is 9.10. The maximum Gasteiger partial charge on any atom is 0.340 e. The highest BCUT2D eigenvalue weighted by Gasteiger charge is 2.15. The van der Waals surface area contributed by atoms with Crippen molar-refractivity contribution in [3.8, 4) is 5.75 Å². The molecule has 84 valence electrons. The van der Waals surface area contributed by atoms with Gasteiger partial charge in [0.25, 0.3) is 0 Å². The summed E-state index contributed by atoms with van der Waals surface area (Å²) in [6.45, 7) is 0. The van der Waals surface area contributed by atoms with Gasteiger partial charge in [-0.15, -0.1) is 0 Å². The van der Waals surface area contributed by atoms with Crippen molar-refractivity contribution in [2.75, 3.05) is 14.2 Å². The predicted molar refractivity (Wildman–Crippen MR) is 59.8 cm³/mol. The minimum atomic E-state index is -0.586. The lowest BCUT2D eigenvalue weighted by atomic mass is 10.1. The monoisotopic (exact) mass is 285 g/mol. The molecule has 0 amide bonds. The third kappa shape index (κ3) is 2.48. The summed E-state index contributed by atoms with van der Waals surface area (Å²) in [5.74, 6) is -0.126. The van der Waals surface area contributed by atoms with Gasteiger partial charge in [-0.3, -0.25) is 0 Å². The minimum Gasteiger partial charge on any atom is -0.495 e. The summed E-state index contributed by atoms with van der Waals surface area (Å²) in [7, 11) is 2.71. The standard InChI is InChI=1S/C10H8BrNO4/c1-15-9-4-8(12-5-13)6(3-7(9)11)10(14)16-2/h3-4H,1-2H3. The fourth-order valence-corrected chi connectivity index (χ4v) is 1.62. The van der Waals surface area contributed by atoms with E-state index in [0.717, 1.165) is 0 Å². The zero-order chi connectivity index (χ0) is 12.1. The van der Waals surface area contributed by atoms with E-state index in [4.69, 9.17) is 4.74 Å². The molecular formula is C10H8BrNO4. The lowest BCUT2D eigenvalue weighted by molar-refractivity contribution is 0.0601. The molecule has 6 heteroatoms. The van der Waals surface area contributed by atoms with Gasteiger partial charge in [0.1, 0.15) is 5.75 Å². The first-order chi connectivity index (χ1) is 7.63. The van der Waals surface area contributed by atoms with Crippen molar-refractivity contribution < 1.29 is 19.1 Å². The second kappa shape index (κ2) is 5.44. The van der Waals surface area contributed by atoms with Crippen molar-refractivity contribution in [1.29, 1.82) is 0 Å². The first-order valence-corrected chi connectivity index (χ1v) is 4.97. The molecule has 0 unspecified atom stereocenters. The first-order valence-electron chi connectivity index (χ1n) is 4.17. The highest BCUT2D eigenvalue weighted by atomic mass is 79.9. The second-order valence-electron chi connectivity index (χ2n) is 2.70. The van der Waals surface area contributed by atoms with Crippen LogP contribution in [0.3, 0.4) is 0 Å². The molecule has 0 fully saturated rings. The van der Waals surface area contributed by atoms with Crippen LogP contribution in [-0.4, -0.2) is 26.3 Å². The molecule has 16 heavy (non-hydrogen) atoms. The number of carbonyl (C=O) groups is 1. The number of hydrogen-bond acceptors (Lipinski definition) is 5. The van der Waals surface area contributed by atoms with Gasteiger partial charge in [0.2, 0.25) is 6.08 Å². The van der Waals surface area contributed by atoms with Crippen molar-refractivity contribution in [1.82, 2.24) is 0 Å². The van der Waals surface area contributed by atoms with Crippen LogP contribution in [0, 0.1) is 0 Å². The van der Waals surface area contributed by atoms with Crippen molar-refractivity contribution in [2.45, 2.75) is 0 Å². The van der Waals surface area contributed by atoms with E-state index in [2.05, 4.69) is 25.7 Å². The smallest absolute Gasteiger partial charge is 0.340 e. The number of benzene rings is 1. The molecule has 0 aliphatic heterocycles. The van der Waals surface area contributed by atoms with E-state index >= 15 is 0 Å². The van der Waals surface area contributed by atoms with Crippen LogP contribution in [0.4, 0.5) is 5.69 Å². The molecule has 0 saturated heterocycles. The molecule has 0 aliphatic carbocycles. The van der Waals surface area contributed by atoms with Crippen LogP contribution in [0.25, 0.3) is 0 Å². The minimum absolute atomic E-state index is 0.155. The molecule has 1 rings (SSSR count). The van der Waals surface area contributed by atoms with E-state index in [1.54, 1.807) is 0 Å².